The molecule has 0 heterocycles. The standard InChI is InChI=1S/C46H30/c1-2-10-34(11-3-1)45-30-38-28-37(42-19-9-15-33-13-5-7-17-40(33)42)25-26-43(38)44-27-24-36(29-46(44)45)31-20-22-35(23-21-31)41-18-8-14-32-12-4-6-16-39(32)41/h1-30H. The molecule has 9 rings (SSSR count). The first-order valence-corrected chi connectivity index (χ1v) is 15.9. The molecule has 46 heavy (non-hydrogen) atoms. The zero-order chi connectivity index (χ0) is 30.5. The van der Waals surface area contributed by atoms with E-state index < -0.39 is 0 Å². The molecule has 0 nitrogen and oxygen atoms in total. The van der Waals surface area contributed by atoms with Gasteiger partial charge in [-0.2, -0.15) is 0 Å². The SMILES string of the molecule is c1ccc(-c2cc3cc(-c4cccc5ccccc45)ccc3c3ccc(-c4ccc(-c5cccc6ccccc56)cc4)cc23)cc1. The Hall–Kier alpha value is -5.98. The predicted molar refractivity (Wildman–Crippen MR) is 198 cm³/mol. The fourth-order valence-corrected chi connectivity index (χ4v) is 7.16. The molecule has 0 spiro atoms. The Morgan fingerprint density at radius 2 is 0.717 bits per heavy atom. The summed E-state index contributed by atoms with van der Waals surface area (Å²) in [6.45, 7) is 0. The van der Waals surface area contributed by atoms with Crippen molar-refractivity contribution in [3.05, 3.63) is 182 Å². The minimum absolute atomic E-state index is 1.22. The molecule has 0 aromatic heterocycles. The molecule has 0 amide bonds. The molecule has 0 fully saturated rings. The topological polar surface area (TPSA) is 0 Å². The predicted octanol–water partition coefficient (Wildman–Crippen LogP) is 13.0. The van der Waals surface area contributed by atoms with Crippen molar-refractivity contribution in [3.8, 4) is 44.5 Å². The maximum absolute atomic E-state index is 2.38. The summed E-state index contributed by atoms with van der Waals surface area (Å²) in [5, 5.41) is 10.2. The van der Waals surface area contributed by atoms with Gasteiger partial charge in [0, 0.05) is 0 Å². The average molecular weight is 583 g/mol. The van der Waals surface area contributed by atoms with Crippen LogP contribution in [-0.2, 0) is 0 Å². The second-order valence-corrected chi connectivity index (χ2v) is 12.1. The summed E-state index contributed by atoms with van der Waals surface area (Å²) in [6, 6.07) is 66.6. The molecule has 9 aromatic rings. The van der Waals surface area contributed by atoms with Crippen molar-refractivity contribution in [2.45, 2.75) is 0 Å². The van der Waals surface area contributed by atoms with Crippen molar-refractivity contribution in [2.24, 2.45) is 0 Å². The van der Waals surface area contributed by atoms with E-state index in [0.29, 0.717) is 0 Å². The van der Waals surface area contributed by atoms with Gasteiger partial charge < -0.3 is 0 Å². The van der Waals surface area contributed by atoms with E-state index in [1.807, 2.05) is 0 Å². The maximum Gasteiger partial charge on any atom is -0.00928 e. The lowest BCUT2D eigenvalue weighted by Crippen LogP contribution is -1.88. The highest BCUT2D eigenvalue weighted by Crippen LogP contribution is 2.40. The fourth-order valence-electron chi connectivity index (χ4n) is 7.16. The highest BCUT2D eigenvalue weighted by molar-refractivity contribution is 6.15. The van der Waals surface area contributed by atoms with E-state index in [1.165, 1.54) is 87.6 Å². The van der Waals surface area contributed by atoms with Crippen LogP contribution in [0.2, 0.25) is 0 Å². The smallest absolute Gasteiger partial charge is 0.00928 e. The Bertz CT molecular complexity index is 2540. The van der Waals surface area contributed by atoms with Crippen LogP contribution in [0.5, 0.6) is 0 Å². The van der Waals surface area contributed by atoms with E-state index in [1.54, 1.807) is 0 Å². The summed E-state index contributed by atoms with van der Waals surface area (Å²) < 4.78 is 0. The van der Waals surface area contributed by atoms with Crippen LogP contribution < -0.4 is 0 Å². The van der Waals surface area contributed by atoms with Gasteiger partial charge in [0.15, 0.2) is 0 Å². The molecule has 214 valence electrons. The molecule has 0 saturated heterocycles. The Kier molecular flexibility index (Phi) is 6.25. The van der Waals surface area contributed by atoms with Crippen LogP contribution in [0.15, 0.2) is 182 Å². The van der Waals surface area contributed by atoms with Crippen LogP contribution in [-0.4, -0.2) is 0 Å². The van der Waals surface area contributed by atoms with Crippen LogP contribution in [0.4, 0.5) is 0 Å². The molecule has 0 saturated carbocycles. The van der Waals surface area contributed by atoms with E-state index in [2.05, 4.69) is 182 Å². The van der Waals surface area contributed by atoms with Gasteiger partial charge in [-0.05, 0) is 106 Å². The van der Waals surface area contributed by atoms with Gasteiger partial charge in [-0.3, -0.25) is 0 Å². The highest BCUT2D eigenvalue weighted by atomic mass is 14.2. The first-order valence-electron chi connectivity index (χ1n) is 15.9. The Morgan fingerprint density at radius 3 is 1.43 bits per heavy atom. The van der Waals surface area contributed by atoms with Crippen molar-refractivity contribution < 1.29 is 0 Å². The lowest BCUT2D eigenvalue weighted by Gasteiger charge is -2.15. The molecule has 0 bridgehead atoms. The van der Waals surface area contributed by atoms with E-state index >= 15 is 0 Å². The van der Waals surface area contributed by atoms with Crippen LogP contribution in [0, 0.1) is 0 Å². The molecule has 0 aliphatic carbocycles. The lowest BCUT2D eigenvalue weighted by molar-refractivity contribution is 1.62. The molecule has 9 aromatic carbocycles. The van der Waals surface area contributed by atoms with Crippen LogP contribution >= 0.6 is 0 Å². The fraction of sp³-hybridized carbons (Fsp3) is 0. The van der Waals surface area contributed by atoms with Crippen LogP contribution in [0.3, 0.4) is 0 Å². The first-order chi connectivity index (χ1) is 22.8. The van der Waals surface area contributed by atoms with Crippen molar-refractivity contribution in [2.75, 3.05) is 0 Å². The molecular weight excluding hydrogens is 553 g/mol. The molecule has 0 unspecified atom stereocenters. The van der Waals surface area contributed by atoms with Crippen LogP contribution in [0.1, 0.15) is 0 Å². The van der Waals surface area contributed by atoms with Gasteiger partial charge >= 0.3 is 0 Å². The number of hydrogen-bond acceptors (Lipinski definition) is 0. The lowest BCUT2D eigenvalue weighted by atomic mass is 9.89. The Morgan fingerprint density at radius 1 is 0.196 bits per heavy atom. The van der Waals surface area contributed by atoms with E-state index in [9.17, 15) is 0 Å². The molecule has 0 radical (unpaired) electrons. The monoisotopic (exact) mass is 582 g/mol. The summed E-state index contributed by atoms with van der Waals surface area (Å²) in [6.07, 6.45) is 0. The van der Waals surface area contributed by atoms with Gasteiger partial charge in [-0.25, -0.2) is 0 Å². The van der Waals surface area contributed by atoms with Crippen LogP contribution in [0.25, 0.3) is 87.6 Å². The third-order valence-electron chi connectivity index (χ3n) is 9.46. The number of rotatable bonds is 4. The van der Waals surface area contributed by atoms with Crippen molar-refractivity contribution in [1.82, 2.24) is 0 Å². The summed E-state index contributed by atoms with van der Waals surface area (Å²) in [4.78, 5) is 0. The number of hydrogen-bond donors (Lipinski definition) is 0. The highest BCUT2D eigenvalue weighted by Gasteiger charge is 2.13. The normalized spacial score (nSPS) is 11.5. The zero-order valence-corrected chi connectivity index (χ0v) is 25.3. The minimum atomic E-state index is 1.22. The van der Waals surface area contributed by atoms with E-state index in [4.69, 9.17) is 0 Å². The van der Waals surface area contributed by atoms with Gasteiger partial charge in [0.05, 0.1) is 0 Å². The molecule has 0 aliphatic heterocycles. The molecular formula is C46H30. The summed E-state index contributed by atoms with van der Waals surface area (Å²) >= 11 is 0. The molecule has 0 atom stereocenters. The van der Waals surface area contributed by atoms with Gasteiger partial charge in [-0.15, -0.1) is 0 Å². The minimum Gasteiger partial charge on any atom is -0.0622 e. The van der Waals surface area contributed by atoms with Crippen molar-refractivity contribution >= 4 is 43.1 Å². The van der Waals surface area contributed by atoms with Gasteiger partial charge in [0.2, 0.25) is 0 Å². The van der Waals surface area contributed by atoms with E-state index in [-0.39, 0.29) is 0 Å². The largest absolute Gasteiger partial charge is 0.0622 e. The van der Waals surface area contributed by atoms with Crippen molar-refractivity contribution in [3.63, 3.8) is 0 Å². The van der Waals surface area contributed by atoms with Gasteiger partial charge in [-0.1, -0.05) is 164 Å². The number of benzene rings is 9. The van der Waals surface area contributed by atoms with Crippen molar-refractivity contribution in [1.29, 1.82) is 0 Å². The second kappa shape index (κ2) is 10.9. The van der Waals surface area contributed by atoms with Gasteiger partial charge in [0.1, 0.15) is 0 Å². The molecule has 0 N–H and O–H groups in total. The van der Waals surface area contributed by atoms with Gasteiger partial charge in [0.25, 0.3) is 0 Å². The quantitative estimate of drug-likeness (QED) is 0.181. The second-order valence-electron chi connectivity index (χ2n) is 12.1. The Balaban J connectivity index is 1.19. The number of fused-ring (bicyclic) bond motifs is 5. The van der Waals surface area contributed by atoms with E-state index in [0.717, 1.165) is 0 Å². The maximum atomic E-state index is 2.38. The summed E-state index contributed by atoms with van der Waals surface area (Å²) in [7, 11) is 0. The Labute approximate surface area is 268 Å². The first kappa shape index (κ1) is 26.4. The molecule has 0 heteroatoms. The molecule has 0 aliphatic rings. The third kappa shape index (κ3) is 4.47. The summed E-state index contributed by atoms with van der Waals surface area (Å²) in [5.74, 6) is 0. The summed E-state index contributed by atoms with van der Waals surface area (Å²) in [5.41, 5.74) is 9.94. The average Bonchev–Trinajstić information content (AvgIpc) is 3.14. The third-order valence-corrected chi connectivity index (χ3v) is 9.46. The zero-order valence-electron chi connectivity index (χ0n) is 25.3.